The Kier molecular flexibility index (Phi) is 9.01. The molecule has 0 radical (unpaired) electrons. The monoisotopic (exact) mass is 699 g/mol. The number of likely N-dealkylation sites (N-methyl/N-ethyl adjacent to an activating group) is 1. The predicted molar refractivity (Wildman–Crippen MR) is 174 cm³/mol. The number of hydrogen-bond acceptors (Lipinski definition) is 9. The maximum absolute atomic E-state index is 13.8. The molecule has 4 aliphatic rings. The van der Waals surface area contributed by atoms with Crippen molar-refractivity contribution < 1.29 is 38.5 Å². The summed E-state index contributed by atoms with van der Waals surface area (Å²) in [7, 11) is 3.63. The fourth-order valence-electron chi connectivity index (χ4n) is 9.09. The zero-order chi connectivity index (χ0) is 34.1. The third kappa shape index (κ3) is 5.28. The zero-order valence-electron chi connectivity index (χ0n) is 28.1. The van der Waals surface area contributed by atoms with Gasteiger partial charge in [-0.1, -0.05) is 62.7 Å². The number of benzene rings is 1. The number of allylic oxidation sites excluding steroid dienone is 1. The molecule has 1 aromatic rings. The summed E-state index contributed by atoms with van der Waals surface area (Å²) in [6.45, 7) is 12.7. The van der Waals surface area contributed by atoms with Gasteiger partial charge in [0.1, 0.15) is 18.8 Å². The summed E-state index contributed by atoms with van der Waals surface area (Å²) in [5.41, 5.74) is -1.77. The highest BCUT2D eigenvalue weighted by atomic mass is 79.9. The van der Waals surface area contributed by atoms with Crippen molar-refractivity contribution in [1.82, 2.24) is 4.90 Å². The van der Waals surface area contributed by atoms with Crippen molar-refractivity contribution in [2.45, 2.75) is 78.2 Å². The normalized spacial score (nSPS) is 34.8. The van der Waals surface area contributed by atoms with Gasteiger partial charge in [-0.25, -0.2) is 4.79 Å². The van der Waals surface area contributed by atoms with Gasteiger partial charge in [0.2, 0.25) is 0 Å². The number of rotatable bonds is 8. The lowest BCUT2D eigenvalue weighted by molar-refractivity contribution is -0.222. The van der Waals surface area contributed by atoms with Crippen LogP contribution in [-0.4, -0.2) is 77.7 Å². The largest absolute Gasteiger partial charge is 0.458 e. The third-order valence-corrected chi connectivity index (χ3v) is 11.7. The lowest BCUT2D eigenvalue weighted by Crippen LogP contribution is -2.64. The summed E-state index contributed by atoms with van der Waals surface area (Å²) in [5.74, 6) is -4.51. The van der Waals surface area contributed by atoms with Gasteiger partial charge in [-0.3, -0.25) is 19.3 Å². The smallest absolute Gasteiger partial charge is 0.338 e. The summed E-state index contributed by atoms with van der Waals surface area (Å²) in [6, 6.07) is 6.30. The minimum Gasteiger partial charge on any atom is -0.458 e. The summed E-state index contributed by atoms with van der Waals surface area (Å²) in [5, 5.41) is 13.1. The molecule has 10 heteroatoms. The van der Waals surface area contributed by atoms with Crippen molar-refractivity contribution in [3.8, 4) is 0 Å². The van der Waals surface area contributed by atoms with Crippen LogP contribution in [0.3, 0.4) is 0 Å². The van der Waals surface area contributed by atoms with E-state index in [-0.39, 0.29) is 18.3 Å². The van der Waals surface area contributed by atoms with Gasteiger partial charge in [-0.15, -0.1) is 0 Å². The predicted octanol–water partition coefficient (Wildman–Crippen LogP) is 5.15. The summed E-state index contributed by atoms with van der Waals surface area (Å²) >= 11 is 3.38. The van der Waals surface area contributed by atoms with E-state index in [4.69, 9.17) is 14.2 Å². The number of halogens is 1. The van der Waals surface area contributed by atoms with E-state index < -0.39 is 76.3 Å². The van der Waals surface area contributed by atoms with E-state index in [2.05, 4.69) is 15.9 Å². The van der Waals surface area contributed by atoms with Crippen LogP contribution in [0.2, 0.25) is 0 Å². The molecule has 4 aliphatic carbocycles. The van der Waals surface area contributed by atoms with Gasteiger partial charge in [-0.05, 0) is 68.8 Å². The van der Waals surface area contributed by atoms with Gasteiger partial charge in [0.25, 0.3) is 0 Å². The Morgan fingerprint density at radius 2 is 1.72 bits per heavy atom. The van der Waals surface area contributed by atoms with E-state index in [1.807, 2.05) is 60.9 Å². The zero-order valence-corrected chi connectivity index (χ0v) is 29.7. The molecule has 0 heterocycles. The number of carbonyl (C=O) groups is 4. The van der Waals surface area contributed by atoms with Crippen LogP contribution in [0.4, 0.5) is 0 Å². The molecule has 0 unspecified atom stereocenters. The Balaban J connectivity index is 1.59. The Hall–Kier alpha value is -2.82. The van der Waals surface area contributed by atoms with E-state index in [9.17, 15) is 24.3 Å². The SMILES string of the molecule is CC(=O)O[C@@]12[C@H](OC(=O)[C@@H](C(C)C)N(C)C)[C@@H](C)[C@]3(O)[C@@H]4C=C(C)C(=O)[C@@H]4CC(COC(=O)c4ccc(Br)cc4)=C[C@H]3[C@@H]1C2(C)C. The summed E-state index contributed by atoms with van der Waals surface area (Å²) in [4.78, 5) is 54.9. The molecule has 1 aromatic carbocycles. The minimum absolute atomic E-state index is 0.0591. The molecule has 2 saturated carbocycles. The average Bonchev–Trinajstić information content (AvgIpc) is 3.35. The molecular formula is C36H46BrNO8. The Bertz CT molecular complexity index is 1490. The van der Waals surface area contributed by atoms with E-state index in [1.54, 1.807) is 36.1 Å². The van der Waals surface area contributed by atoms with E-state index in [1.165, 1.54) is 6.92 Å². The number of aliphatic hydroxyl groups is 1. The highest BCUT2D eigenvalue weighted by Crippen LogP contribution is 2.77. The van der Waals surface area contributed by atoms with Crippen molar-refractivity contribution in [3.05, 3.63) is 57.6 Å². The third-order valence-electron chi connectivity index (χ3n) is 11.1. The second kappa shape index (κ2) is 12.0. The van der Waals surface area contributed by atoms with E-state index in [0.29, 0.717) is 23.1 Å². The molecule has 250 valence electrons. The molecule has 5 rings (SSSR count). The molecule has 46 heavy (non-hydrogen) atoms. The maximum Gasteiger partial charge on any atom is 0.338 e. The van der Waals surface area contributed by atoms with E-state index in [0.717, 1.165) is 4.47 Å². The van der Waals surface area contributed by atoms with Gasteiger partial charge in [-0.2, -0.15) is 0 Å². The van der Waals surface area contributed by atoms with Crippen LogP contribution in [0.25, 0.3) is 0 Å². The number of carbonyl (C=O) groups excluding carboxylic acids is 4. The van der Waals surface area contributed by atoms with Crippen molar-refractivity contribution in [2.75, 3.05) is 20.7 Å². The fraction of sp³-hybridized carbons (Fsp3) is 0.611. The van der Waals surface area contributed by atoms with Gasteiger partial charge < -0.3 is 19.3 Å². The highest BCUT2D eigenvalue weighted by Gasteiger charge is 2.87. The molecule has 0 spiro atoms. The standard InChI is InChI=1S/C36H46BrNO8/c1-18(2)28(38(8)9)33(42)45-31-20(4)35(43)26-14-19(3)29(40)25(26)15-22(17-44-32(41)23-10-12-24(37)13-11-23)16-27(35)30-34(6,7)36(30,31)46-21(5)39/h10-14,16,18,20,25-28,30-31,43H,15,17H2,1-9H3/t20-,25-,26-,27+,28-,30-,31-,35+,36-/m1/s1. The molecule has 0 saturated heterocycles. The maximum atomic E-state index is 13.8. The summed E-state index contributed by atoms with van der Waals surface area (Å²) < 4.78 is 19.2. The number of hydrogen-bond donors (Lipinski definition) is 1. The van der Waals surface area contributed by atoms with Gasteiger partial charge >= 0.3 is 17.9 Å². The van der Waals surface area contributed by atoms with Crippen molar-refractivity contribution >= 4 is 39.6 Å². The molecule has 1 N–H and O–H groups in total. The molecule has 9 nitrogen and oxygen atoms in total. The first kappa shape index (κ1) is 34.5. The molecule has 2 fully saturated rings. The van der Waals surface area contributed by atoms with Crippen molar-refractivity contribution in [2.24, 2.45) is 40.9 Å². The van der Waals surface area contributed by atoms with Crippen LogP contribution in [0.15, 0.2) is 52.0 Å². The quantitative estimate of drug-likeness (QED) is 0.223. The topological polar surface area (TPSA) is 119 Å². The molecule has 0 aliphatic heterocycles. The minimum atomic E-state index is -1.53. The number of nitrogens with zero attached hydrogens (tertiary/aromatic N) is 1. The first-order valence-corrected chi connectivity index (χ1v) is 16.8. The van der Waals surface area contributed by atoms with Crippen molar-refractivity contribution in [3.63, 3.8) is 0 Å². The lowest BCUT2D eigenvalue weighted by Gasteiger charge is -2.52. The van der Waals surface area contributed by atoms with Crippen LogP contribution < -0.4 is 0 Å². The van der Waals surface area contributed by atoms with Crippen molar-refractivity contribution in [1.29, 1.82) is 0 Å². The Labute approximate surface area is 279 Å². The molecule has 0 amide bonds. The van der Waals surface area contributed by atoms with Crippen LogP contribution in [0, 0.1) is 40.9 Å². The van der Waals surface area contributed by atoms with Crippen LogP contribution in [-0.2, 0) is 28.6 Å². The number of ether oxygens (including phenoxy) is 3. The van der Waals surface area contributed by atoms with Crippen LogP contribution >= 0.6 is 15.9 Å². The Morgan fingerprint density at radius 3 is 2.28 bits per heavy atom. The second-order valence-electron chi connectivity index (χ2n) is 14.8. The highest BCUT2D eigenvalue weighted by molar-refractivity contribution is 9.10. The number of ketones is 1. The lowest BCUT2D eigenvalue weighted by atomic mass is 9.59. The second-order valence-corrected chi connectivity index (χ2v) is 15.7. The average molecular weight is 701 g/mol. The molecule has 0 aromatic heterocycles. The number of Topliss-reactive ketones (excluding diaryl/α,β-unsaturated/α-hetero) is 1. The van der Waals surface area contributed by atoms with Gasteiger partial charge in [0.05, 0.1) is 11.2 Å². The first-order chi connectivity index (χ1) is 21.4. The molecule has 9 atom stereocenters. The first-order valence-electron chi connectivity index (χ1n) is 16.0. The molecular weight excluding hydrogens is 654 g/mol. The fourth-order valence-corrected chi connectivity index (χ4v) is 9.35. The van der Waals surface area contributed by atoms with Crippen LogP contribution in [0.5, 0.6) is 0 Å². The molecule has 0 bridgehead atoms. The van der Waals surface area contributed by atoms with Gasteiger partial charge in [0, 0.05) is 46.4 Å². The number of esters is 3. The van der Waals surface area contributed by atoms with Gasteiger partial charge in [0.15, 0.2) is 11.4 Å². The Morgan fingerprint density at radius 1 is 1.09 bits per heavy atom. The number of fused-ring (bicyclic) bond motifs is 5. The van der Waals surface area contributed by atoms with Crippen LogP contribution in [0.1, 0.15) is 65.2 Å². The summed E-state index contributed by atoms with van der Waals surface area (Å²) in [6.07, 6.45) is 3.11. The van der Waals surface area contributed by atoms with E-state index >= 15 is 0 Å².